The summed E-state index contributed by atoms with van der Waals surface area (Å²) in [5.41, 5.74) is 2.04. The molecule has 0 unspecified atom stereocenters. The van der Waals surface area contributed by atoms with Gasteiger partial charge < -0.3 is 10.0 Å². The topological polar surface area (TPSA) is 36.4 Å². The molecule has 19 heavy (non-hydrogen) atoms. The number of halogens is 1. The van der Waals surface area contributed by atoms with Gasteiger partial charge in [0, 0.05) is 29.8 Å². The van der Waals surface area contributed by atoms with E-state index in [-0.39, 0.29) is 0 Å². The molecule has 2 aromatic rings. The number of benzene rings is 1. The van der Waals surface area contributed by atoms with E-state index in [2.05, 4.69) is 33.0 Å². The lowest BCUT2D eigenvalue weighted by Gasteiger charge is -2.22. The molecule has 100 valence electrons. The molecule has 0 spiro atoms. The van der Waals surface area contributed by atoms with Gasteiger partial charge in [-0.05, 0) is 30.7 Å². The zero-order chi connectivity index (χ0) is 13.8. The van der Waals surface area contributed by atoms with Gasteiger partial charge in [-0.3, -0.25) is 0 Å². The molecule has 2 rings (SSSR count). The molecule has 1 aromatic heterocycles. The lowest BCUT2D eigenvalue weighted by molar-refractivity contribution is 0.199. The average molecular weight is 321 g/mol. The van der Waals surface area contributed by atoms with E-state index in [9.17, 15) is 5.11 Å². The standard InChI is InChI=1S/C15H17BrN2O/c1-11(19)14-7-4-8-17-15(14)18(2)10-12-5-3-6-13(16)9-12/h3-9,11,19H,10H2,1-2H3/t11-/m1/s1. The molecule has 0 aliphatic heterocycles. The summed E-state index contributed by atoms with van der Waals surface area (Å²) in [7, 11) is 1.98. The van der Waals surface area contributed by atoms with E-state index in [1.54, 1.807) is 13.1 Å². The van der Waals surface area contributed by atoms with Gasteiger partial charge in [0.1, 0.15) is 5.82 Å². The molecular formula is C15H17BrN2O. The van der Waals surface area contributed by atoms with Crippen molar-refractivity contribution in [1.29, 1.82) is 0 Å². The van der Waals surface area contributed by atoms with Crippen molar-refractivity contribution in [2.75, 3.05) is 11.9 Å². The third kappa shape index (κ3) is 3.55. The van der Waals surface area contributed by atoms with Crippen molar-refractivity contribution < 1.29 is 5.11 Å². The van der Waals surface area contributed by atoms with E-state index in [1.807, 2.05) is 36.2 Å². The molecular weight excluding hydrogens is 304 g/mol. The molecule has 0 aliphatic carbocycles. The van der Waals surface area contributed by atoms with Crippen LogP contribution < -0.4 is 4.90 Å². The fourth-order valence-corrected chi connectivity index (χ4v) is 2.49. The van der Waals surface area contributed by atoms with Crippen LogP contribution in [0.4, 0.5) is 5.82 Å². The number of aliphatic hydroxyl groups is 1. The molecule has 4 heteroatoms. The van der Waals surface area contributed by atoms with Gasteiger partial charge in [-0.15, -0.1) is 0 Å². The normalized spacial score (nSPS) is 12.2. The number of rotatable bonds is 4. The number of aromatic nitrogens is 1. The Morgan fingerprint density at radius 3 is 2.79 bits per heavy atom. The van der Waals surface area contributed by atoms with Crippen molar-refractivity contribution in [2.45, 2.75) is 19.6 Å². The smallest absolute Gasteiger partial charge is 0.134 e. The van der Waals surface area contributed by atoms with E-state index in [1.165, 1.54) is 5.56 Å². The van der Waals surface area contributed by atoms with Crippen LogP contribution in [-0.2, 0) is 6.54 Å². The molecule has 0 saturated heterocycles. The summed E-state index contributed by atoms with van der Waals surface area (Å²) in [6.07, 6.45) is 1.23. The van der Waals surface area contributed by atoms with Crippen LogP contribution in [0.1, 0.15) is 24.2 Å². The third-order valence-corrected chi connectivity index (χ3v) is 3.43. The second-order valence-corrected chi connectivity index (χ2v) is 5.49. The van der Waals surface area contributed by atoms with E-state index in [0.29, 0.717) is 0 Å². The highest BCUT2D eigenvalue weighted by molar-refractivity contribution is 9.10. The lowest BCUT2D eigenvalue weighted by Crippen LogP contribution is -2.20. The van der Waals surface area contributed by atoms with Crippen molar-refractivity contribution in [3.63, 3.8) is 0 Å². The largest absolute Gasteiger partial charge is 0.389 e. The third-order valence-electron chi connectivity index (χ3n) is 2.94. The molecule has 1 atom stereocenters. The van der Waals surface area contributed by atoms with Crippen LogP contribution in [0, 0.1) is 0 Å². The maximum absolute atomic E-state index is 9.79. The van der Waals surface area contributed by atoms with Crippen molar-refractivity contribution in [3.05, 3.63) is 58.2 Å². The second-order valence-electron chi connectivity index (χ2n) is 4.58. The first-order chi connectivity index (χ1) is 9.08. The molecule has 0 aliphatic rings. The summed E-state index contributed by atoms with van der Waals surface area (Å²) >= 11 is 3.47. The monoisotopic (exact) mass is 320 g/mol. The Bertz CT molecular complexity index is 557. The van der Waals surface area contributed by atoms with Gasteiger partial charge in [-0.2, -0.15) is 0 Å². The van der Waals surface area contributed by atoms with E-state index < -0.39 is 6.10 Å². The Hall–Kier alpha value is -1.39. The molecule has 0 radical (unpaired) electrons. The summed E-state index contributed by atoms with van der Waals surface area (Å²) < 4.78 is 1.06. The lowest BCUT2D eigenvalue weighted by atomic mass is 10.1. The van der Waals surface area contributed by atoms with Gasteiger partial charge in [0.15, 0.2) is 0 Å². The van der Waals surface area contributed by atoms with Gasteiger partial charge in [0.25, 0.3) is 0 Å². The van der Waals surface area contributed by atoms with Crippen molar-refractivity contribution in [1.82, 2.24) is 4.98 Å². The minimum atomic E-state index is -0.520. The Morgan fingerprint density at radius 1 is 1.32 bits per heavy atom. The maximum atomic E-state index is 9.79. The first kappa shape index (κ1) is 14.0. The number of hydrogen-bond acceptors (Lipinski definition) is 3. The van der Waals surface area contributed by atoms with E-state index in [4.69, 9.17) is 0 Å². The maximum Gasteiger partial charge on any atom is 0.134 e. The highest BCUT2D eigenvalue weighted by atomic mass is 79.9. The molecule has 0 amide bonds. The van der Waals surface area contributed by atoms with Crippen molar-refractivity contribution in [3.8, 4) is 0 Å². The van der Waals surface area contributed by atoms with Gasteiger partial charge in [0.05, 0.1) is 6.10 Å². The van der Waals surface area contributed by atoms with Crippen LogP contribution in [0.3, 0.4) is 0 Å². The molecule has 3 nitrogen and oxygen atoms in total. The predicted octanol–water partition coefficient (Wildman–Crippen LogP) is 3.53. The molecule has 0 fully saturated rings. The highest BCUT2D eigenvalue weighted by Gasteiger charge is 2.12. The first-order valence-corrected chi connectivity index (χ1v) is 6.96. The zero-order valence-electron chi connectivity index (χ0n) is 11.0. The molecule has 1 aromatic carbocycles. The van der Waals surface area contributed by atoms with Gasteiger partial charge >= 0.3 is 0 Å². The summed E-state index contributed by atoms with van der Waals surface area (Å²) in [5, 5.41) is 9.79. The Kier molecular flexibility index (Phi) is 4.56. The van der Waals surface area contributed by atoms with Crippen LogP contribution >= 0.6 is 15.9 Å². The fraction of sp³-hybridized carbons (Fsp3) is 0.267. The summed E-state index contributed by atoms with van der Waals surface area (Å²) in [4.78, 5) is 6.42. The van der Waals surface area contributed by atoms with Crippen LogP contribution in [0.15, 0.2) is 47.1 Å². The number of hydrogen-bond donors (Lipinski definition) is 1. The van der Waals surface area contributed by atoms with Crippen molar-refractivity contribution in [2.24, 2.45) is 0 Å². The minimum absolute atomic E-state index is 0.520. The second kappa shape index (κ2) is 6.17. The van der Waals surface area contributed by atoms with Crippen molar-refractivity contribution >= 4 is 21.7 Å². The summed E-state index contributed by atoms with van der Waals surface area (Å²) in [5.74, 6) is 0.817. The van der Waals surface area contributed by atoms with Crippen LogP contribution in [0.5, 0.6) is 0 Å². The molecule has 1 N–H and O–H groups in total. The van der Waals surface area contributed by atoms with Crippen LogP contribution in [0.25, 0.3) is 0 Å². The zero-order valence-corrected chi connectivity index (χ0v) is 12.6. The van der Waals surface area contributed by atoms with Gasteiger partial charge in [-0.1, -0.05) is 34.1 Å². The molecule has 0 bridgehead atoms. The number of pyridine rings is 1. The molecule has 0 saturated carbocycles. The fourth-order valence-electron chi connectivity index (χ4n) is 2.04. The number of aliphatic hydroxyl groups excluding tert-OH is 1. The summed E-state index contributed by atoms with van der Waals surface area (Å²) in [6, 6.07) is 11.9. The van der Waals surface area contributed by atoms with Gasteiger partial charge in [0.2, 0.25) is 0 Å². The number of anilines is 1. The Morgan fingerprint density at radius 2 is 2.11 bits per heavy atom. The van der Waals surface area contributed by atoms with E-state index in [0.717, 1.165) is 22.4 Å². The summed E-state index contributed by atoms with van der Waals surface area (Å²) in [6.45, 7) is 2.50. The number of nitrogens with zero attached hydrogens (tertiary/aromatic N) is 2. The van der Waals surface area contributed by atoms with Crippen LogP contribution in [0.2, 0.25) is 0 Å². The average Bonchev–Trinajstić information content (AvgIpc) is 2.38. The minimum Gasteiger partial charge on any atom is -0.389 e. The highest BCUT2D eigenvalue weighted by Crippen LogP contribution is 2.24. The van der Waals surface area contributed by atoms with Crippen LogP contribution in [-0.4, -0.2) is 17.1 Å². The Labute approximate surface area is 122 Å². The quantitative estimate of drug-likeness (QED) is 0.936. The Balaban J connectivity index is 2.23. The van der Waals surface area contributed by atoms with E-state index >= 15 is 0 Å². The predicted molar refractivity (Wildman–Crippen MR) is 81.1 cm³/mol. The SMILES string of the molecule is C[C@@H](O)c1cccnc1N(C)Cc1cccc(Br)c1. The van der Waals surface area contributed by atoms with Gasteiger partial charge in [-0.25, -0.2) is 4.98 Å². The molecule has 1 heterocycles. The first-order valence-electron chi connectivity index (χ1n) is 6.16.